The highest BCUT2D eigenvalue weighted by Gasteiger charge is 2.32. The molecule has 10 heteroatoms. The van der Waals surface area contributed by atoms with Gasteiger partial charge in [0, 0.05) is 55.2 Å². The summed E-state index contributed by atoms with van der Waals surface area (Å²) in [4.78, 5) is 43.1. The number of nitro groups is 1. The number of fused-ring (bicyclic) bond motifs is 1. The summed E-state index contributed by atoms with van der Waals surface area (Å²) in [5, 5.41) is 13.3. The van der Waals surface area contributed by atoms with Crippen molar-refractivity contribution in [1.29, 1.82) is 0 Å². The molecule has 0 aliphatic carbocycles. The van der Waals surface area contributed by atoms with Crippen molar-refractivity contribution in [3.05, 3.63) is 79.6 Å². The molecule has 9 nitrogen and oxygen atoms in total. The Morgan fingerprint density at radius 2 is 1.71 bits per heavy atom. The molecule has 0 spiro atoms. The van der Waals surface area contributed by atoms with E-state index < -0.39 is 16.2 Å². The normalized spacial score (nSPS) is 14.1. The number of nitrogens with zero attached hydrogens (tertiary/aromatic N) is 5. The summed E-state index contributed by atoms with van der Waals surface area (Å²) in [5.41, 5.74) is 0.493. The molecule has 0 radical (unpaired) electrons. The van der Waals surface area contributed by atoms with Crippen LogP contribution in [-0.2, 0) is 6.54 Å². The summed E-state index contributed by atoms with van der Waals surface area (Å²) >= 11 is 5.92. The van der Waals surface area contributed by atoms with Crippen LogP contribution in [0.2, 0.25) is 5.02 Å². The van der Waals surface area contributed by atoms with E-state index in [2.05, 4.69) is 0 Å². The number of hydrogen-bond acceptors (Lipinski definition) is 6. The minimum absolute atomic E-state index is 0.116. The number of hydrogen-bond donors (Lipinski definition) is 0. The minimum Gasteiger partial charge on any atom is -0.362 e. The molecule has 3 aromatic rings. The molecule has 1 aromatic heterocycles. The summed E-state index contributed by atoms with van der Waals surface area (Å²) in [6.45, 7) is 2.45. The lowest BCUT2D eigenvalue weighted by Gasteiger charge is -2.36. The van der Waals surface area contributed by atoms with Crippen LogP contribution >= 0.6 is 11.6 Å². The molecule has 178 valence electrons. The number of aromatic nitrogens is 1. The second kappa shape index (κ2) is 9.82. The maximum Gasteiger partial charge on any atom is 0.357 e. The average molecular weight is 484 g/mol. The molecule has 1 aliphatic heterocycles. The fourth-order valence-electron chi connectivity index (χ4n) is 4.29. The first-order valence-electron chi connectivity index (χ1n) is 11.0. The van der Waals surface area contributed by atoms with Gasteiger partial charge in [0.25, 0.3) is 5.91 Å². The van der Waals surface area contributed by atoms with E-state index in [-0.39, 0.29) is 5.91 Å². The fourth-order valence-corrected chi connectivity index (χ4v) is 4.42. The van der Waals surface area contributed by atoms with E-state index in [1.807, 2.05) is 48.2 Å². The number of likely N-dealkylation sites (N-methyl/N-ethyl adjacent to an activating group) is 1. The van der Waals surface area contributed by atoms with E-state index in [1.54, 1.807) is 29.2 Å². The predicted molar refractivity (Wildman–Crippen MR) is 133 cm³/mol. The van der Waals surface area contributed by atoms with Gasteiger partial charge in [0.1, 0.15) is 5.69 Å². The number of piperazine rings is 1. The standard InChI is InChI=1S/C24H26ClN5O4/c1-26(2)11-16-29-20-6-4-3-5-19(20)21(22(24(29)32)30(33)34)27-12-14-28(15-13-27)23(31)17-7-9-18(25)10-8-17/h3-10H,11-16H2,1-2H3. The van der Waals surface area contributed by atoms with Crippen LogP contribution in [0, 0.1) is 10.1 Å². The van der Waals surface area contributed by atoms with Crippen molar-refractivity contribution in [2.24, 2.45) is 0 Å². The zero-order chi connectivity index (χ0) is 24.4. The molecular weight excluding hydrogens is 458 g/mol. The van der Waals surface area contributed by atoms with Crippen LogP contribution in [0.1, 0.15) is 10.4 Å². The summed E-state index contributed by atoms with van der Waals surface area (Å²) in [6, 6.07) is 14.0. The van der Waals surface area contributed by atoms with Crippen molar-refractivity contribution >= 4 is 39.8 Å². The first-order chi connectivity index (χ1) is 16.3. The van der Waals surface area contributed by atoms with Crippen molar-refractivity contribution in [2.45, 2.75) is 6.54 Å². The first kappa shape index (κ1) is 23.7. The van der Waals surface area contributed by atoms with E-state index in [0.717, 1.165) is 0 Å². The van der Waals surface area contributed by atoms with Crippen LogP contribution in [0.25, 0.3) is 10.9 Å². The van der Waals surface area contributed by atoms with Gasteiger partial charge in [-0.1, -0.05) is 29.8 Å². The third kappa shape index (κ3) is 4.62. The SMILES string of the molecule is CN(C)CCn1c(=O)c([N+](=O)[O-])c(N2CCN(C(=O)c3ccc(Cl)cc3)CC2)c2ccccc21. The summed E-state index contributed by atoms with van der Waals surface area (Å²) in [5.74, 6) is -0.116. The number of anilines is 1. The molecule has 1 aliphatic rings. The van der Waals surface area contributed by atoms with E-state index in [4.69, 9.17) is 11.6 Å². The maximum absolute atomic E-state index is 13.3. The van der Waals surface area contributed by atoms with Crippen molar-refractivity contribution in [3.8, 4) is 0 Å². The third-order valence-electron chi connectivity index (χ3n) is 6.05. The molecule has 0 N–H and O–H groups in total. The van der Waals surface area contributed by atoms with Crippen LogP contribution in [-0.4, -0.2) is 72.0 Å². The second-order valence-electron chi connectivity index (χ2n) is 8.52. The molecule has 0 bridgehead atoms. The van der Waals surface area contributed by atoms with E-state index in [1.165, 1.54) is 4.57 Å². The number of carbonyl (C=O) groups is 1. The lowest BCUT2D eigenvalue weighted by molar-refractivity contribution is -0.385. The van der Waals surface area contributed by atoms with Crippen molar-refractivity contribution in [1.82, 2.24) is 14.4 Å². The first-order valence-corrected chi connectivity index (χ1v) is 11.4. The predicted octanol–water partition coefficient (Wildman–Crippen LogP) is 3.09. The second-order valence-corrected chi connectivity index (χ2v) is 8.95. The molecule has 34 heavy (non-hydrogen) atoms. The van der Waals surface area contributed by atoms with Gasteiger partial charge in [0.15, 0.2) is 0 Å². The van der Waals surface area contributed by atoms with E-state index in [9.17, 15) is 19.7 Å². The summed E-state index contributed by atoms with van der Waals surface area (Å²) in [6.07, 6.45) is 0. The molecule has 2 heterocycles. The molecule has 2 aromatic carbocycles. The Balaban J connectivity index is 1.68. The van der Waals surface area contributed by atoms with Crippen LogP contribution < -0.4 is 10.5 Å². The topological polar surface area (TPSA) is 91.9 Å². The van der Waals surface area contributed by atoms with Crippen LogP contribution in [0.5, 0.6) is 0 Å². The number of pyridine rings is 1. The molecule has 1 saturated heterocycles. The van der Waals surface area contributed by atoms with Gasteiger partial charge in [-0.15, -0.1) is 0 Å². The monoisotopic (exact) mass is 483 g/mol. The minimum atomic E-state index is -0.611. The van der Waals surface area contributed by atoms with Gasteiger partial charge in [-0.05, 0) is 44.4 Å². The van der Waals surface area contributed by atoms with Crippen LogP contribution in [0.15, 0.2) is 53.3 Å². The van der Waals surface area contributed by atoms with Crippen molar-refractivity contribution in [3.63, 3.8) is 0 Å². The smallest absolute Gasteiger partial charge is 0.357 e. The lowest BCUT2D eigenvalue weighted by atomic mass is 10.1. The molecular formula is C24H26ClN5O4. The quantitative estimate of drug-likeness (QED) is 0.395. The fraction of sp³-hybridized carbons (Fsp3) is 0.333. The highest BCUT2D eigenvalue weighted by atomic mass is 35.5. The maximum atomic E-state index is 13.3. The molecule has 1 amide bonds. The summed E-state index contributed by atoms with van der Waals surface area (Å²) < 4.78 is 1.48. The van der Waals surface area contributed by atoms with Gasteiger partial charge in [-0.2, -0.15) is 0 Å². The number of carbonyl (C=O) groups excluding carboxylic acids is 1. The zero-order valence-electron chi connectivity index (χ0n) is 19.1. The Bertz CT molecular complexity index is 1280. The Morgan fingerprint density at radius 1 is 1.06 bits per heavy atom. The van der Waals surface area contributed by atoms with E-state index >= 15 is 0 Å². The van der Waals surface area contributed by atoms with Crippen LogP contribution in [0.3, 0.4) is 0 Å². The highest BCUT2D eigenvalue weighted by Crippen LogP contribution is 2.34. The Labute approximate surface area is 201 Å². The Morgan fingerprint density at radius 3 is 2.32 bits per heavy atom. The summed E-state index contributed by atoms with van der Waals surface area (Å²) in [7, 11) is 3.78. The highest BCUT2D eigenvalue weighted by molar-refractivity contribution is 6.30. The van der Waals surface area contributed by atoms with Gasteiger partial charge in [-0.3, -0.25) is 19.7 Å². The third-order valence-corrected chi connectivity index (χ3v) is 6.30. The van der Waals surface area contributed by atoms with Gasteiger partial charge < -0.3 is 19.3 Å². The van der Waals surface area contributed by atoms with Gasteiger partial charge in [-0.25, -0.2) is 0 Å². The number of halogens is 1. The number of amides is 1. The van der Waals surface area contributed by atoms with Gasteiger partial charge in [0.05, 0.1) is 10.4 Å². The number of benzene rings is 2. The van der Waals surface area contributed by atoms with Gasteiger partial charge >= 0.3 is 11.2 Å². The molecule has 1 fully saturated rings. The van der Waals surface area contributed by atoms with Crippen LogP contribution in [0.4, 0.5) is 11.4 Å². The lowest BCUT2D eigenvalue weighted by Crippen LogP contribution is -2.49. The van der Waals surface area contributed by atoms with Crippen molar-refractivity contribution in [2.75, 3.05) is 51.7 Å². The van der Waals surface area contributed by atoms with E-state index in [0.29, 0.717) is 66.4 Å². The van der Waals surface area contributed by atoms with Gasteiger partial charge in [0.2, 0.25) is 0 Å². The van der Waals surface area contributed by atoms with Crippen molar-refractivity contribution < 1.29 is 9.72 Å². The molecule has 0 unspecified atom stereocenters. The number of rotatable bonds is 6. The Kier molecular flexibility index (Phi) is 6.85. The molecule has 4 rings (SSSR count). The largest absolute Gasteiger partial charge is 0.362 e. The molecule has 0 atom stereocenters. The number of para-hydroxylation sites is 1. The Hall–Kier alpha value is -3.43. The zero-order valence-corrected chi connectivity index (χ0v) is 19.9. The molecule has 0 saturated carbocycles. The average Bonchev–Trinajstić information content (AvgIpc) is 2.82.